The van der Waals surface area contributed by atoms with Gasteiger partial charge in [-0.25, -0.2) is 4.39 Å². The summed E-state index contributed by atoms with van der Waals surface area (Å²) in [7, 11) is 1.64. The number of aromatic nitrogens is 1. The SMILES string of the molecule is CCOc1cc2c(cc1OC)CCN(C=O)C2CCc1c[nH]c2ccc(F)cc12. The van der Waals surface area contributed by atoms with Crippen LogP contribution in [-0.2, 0) is 17.6 Å². The lowest BCUT2D eigenvalue weighted by atomic mass is 9.88. The van der Waals surface area contributed by atoms with Crippen LogP contribution in [0.1, 0.15) is 36.1 Å². The summed E-state index contributed by atoms with van der Waals surface area (Å²) in [5.74, 6) is 1.17. The molecule has 1 aromatic heterocycles. The molecule has 1 atom stereocenters. The number of nitrogens with one attached hydrogen (secondary N) is 1. The molecule has 0 fully saturated rings. The Morgan fingerprint density at radius 1 is 1.28 bits per heavy atom. The molecule has 0 bridgehead atoms. The predicted molar refractivity (Wildman–Crippen MR) is 110 cm³/mol. The number of aryl methyl sites for hydroxylation is 1. The van der Waals surface area contributed by atoms with Crippen molar-refractivity contribution in [3.05, 3.63) is 59.0 Å². The number of rotatable bonds is 7. The molecule has 1 aliphatic rings. The third-order valence-electron chi connectivity index (χ3n) is 5.68. The molecule has 1 amide bonds. The molecular weight excluding hydrogens is 371 g/mol. The quantitative estimate of drug-likeness (QED) is 0.602. The molecule has 152 valence electrons. The Hall–Kier alpha value is -3.02. The van der Waals surface area contributed by atoms with E-state index in [4.69, 9.17) is 9.47 Å². The first-order chi connectivity index (χ1) is 14.1. The number of fused-ring (bicyclic) bond motifs is 2. The molecule has 0 saturated heterocycles. The first-order valence-electron chi connectivity index (χ1n) is 9.94. The zero-order valence-electron chi connectivity index (χ0n) is 16.7. The molecule has 1 unspecified atom stereocenters. The number of hydrogen-bond acceptors (Lipinski definition) is 3. The normalized spacial score (nSPS) is 16.0. The maximum Gasteiger partial charge on any atom is 0.210 e. The number of ether oxygens (including phenoxy) is 2. The van der Waals surface area contributed by atoms with Gasteiger partial charge in [0, 0.05) is 23.6 Å². The lowest BCUT2D eigenvalue weighted by Crippen LogP contribution is -2.34. The Labute approximate surface area is 169 Å². The van der Waals surface area contributed by atoms with Crippen molar-refractivity contribution in [3.63, 3.8) is 0 Å². The molecule has 4 rings (SSSR count). The number of aromatic amines is 1. The van der Waals surface area contributed by atoms with Crippen molar-refractivity contribution < 1.29 is 18.7 Å². The largest absolute Gasteiger partial charge is 0.493 e. The maximum atomic E-state index is 13.7. The van der Waals surface area contributed by atoms with E-state index in [1.165, 1.54) is 11.6 Å². The van der Waals surface area contributed by atoms with Crippen molar-refractivity contribution in [2.24, 2.45) is 0 Å². The molecule has 5 nitrogen and oxygen atoms in total. The Balaban J connectivity index is 1.66. The topological polar surface area (TPSA) is 54.6 Å². The van der Waals surface area contributed by atoms with E-state index in [1.807, 2.05) is 30.2 Å². The van der Waals surface area contributed by atoms with Gasteiger partial charge in [-0.15, -0.1) is 0 Å². The Morgan fingerprint density at radius 3 is 2.90 bits per heavy atom. The van der Waals surface area contributed by atoms with Crippen LogP contribution in [0.15, 0.2) is 36.5 Å². The molecule has 0 spiro atoms. The van der Waals surface area contributed by atoms with Crippen LogP contribution in [0.4, 0.5) is 4.39 Å². The van der Waals surface area contributed by atoms with Crippen molar-refractivity contribution in [1.29, 1.82) is 0 Å². The number of methoxy groups -OCH3 is 1. The Kier molecular flexibility index (Phi) is 5.43. The van der Waals surface area contributed by atoms with Gasteiger partial charge in [-0.2, -0.15) is 0 Å². The number of H-pyrrole nitrogens is 1. The fourth-order valence-corrected chi connectivity index (χ4v) is 4.25. The minimum absolute atomic E-state index is 0.0557. The molecule has 1 aliphatic heterocycles. The van der Waals surface area contributed by atoms with Gasteiger partial charge in [0.1, 0.15) is 5.82 Å². The summed E-state index contributed by atoms with van der Waals surface area (Å²) >= 11 is 0. The van der Waals surface area contributed by atoms with Gasteiger partial charge in [-0.05, 0) is 73.2 Å². The summed E-state index contributed by atoms with van der Waals surface area (Å²) in [5.41, 5.74) is 4.24. The average Bonchev–Trinajstić information content (AvgIpc) is 3.13. The molecular formula is C23H25FN2O3. The van der Waals surface area contributed by atoms with Crippen LogP contribution < -0.4 is 9.47 Å². The van der Waals surface area contributed by atoms with Crippen LogP contribution in [0.2, 0.25) is 0 Å². The van der Waals surface area contributed by atoms with Crippen LogP contribution in [0.25, 0.3) is 10.9 Å². The van der Waals surface area contributed by atoms with Crippen molar-refractivity contribution >= 4 is 17.3 Å². The molecule has 29 heavy (non-hydrogen) atoms. The molecule has 2 heterocycles. The van der Waals surface area contributed by atoms with E-state index in [0.29, 0.717) is 18.9 Å². The first kappa shape index (κ1) is 19.3. The van der Waals surface area contributed by atoms with E-state index in [0.717, 1.165) is 53.5 Å². The highest BCUT2D eigenvalue weighted by molar-refractivity contribution is 5.83. The molecule has 1 N–H and O–H groups in total. The van der Waals surface area contributed by atoms with Gasteiger partial charge in [-0.1, -0.05) is 0 Å². The number of carbonyl (C=O) groups is 1. The van der Waals surface area contributed by atoms with Crippen LogP contribution >= 0.6 is 0 Å². The highest BCUT2D eigenvalue weighted by Gasteiger charge is 2.28. The second-order valence-corrected chi connectivity index (χ2v) is 7.29. The fourth-order valence-electron chi connectivity index (χ4n) is 4.25. The van der Waals surface area contributed by atoms with E-state index in [-0.39, 0.29) is 11.9 Å². The molecule has 6 heteroatoms. The lowest BCUT2D eigenvalue weighted by Gasteiger charge is -2.35. The number of halogens is 1. The van der Waals surface area contributed by atoms with Crippen LogP contribution in [0.3, 0.4) is 0 Å². The van der Waals surface area contributed by atoms with Gasteiger partial charge in [0.2, 0.25) is 6.41 Å². The second-order valence-electron chi connectivity index (χ2n) is 7.29. The van der Waals surface area contributed by atoms with Gasteiger partial charge in [0.15, 0.2) is 11.5 Å². The van der Waals surface area contributed by atoms with Gasteiger partial charge >= 0.3 is 0 Å². The molecule has 3 aromatic rings. The summed E-state index contributed by atoms with van der Waals surface area (Å²) in [5, 5.41) is 0.892. The molecule has 0 radical (unpaired) electrons. The van der Waals surface area contributed by atoms with E-state index in [2.05, 4.69) is 4.98 Å². The van der Waals surface area contributed by atoms with E-state index in [1.54, 1.807) is 19.2 Å². The van der Waals surface area contributed by atoms with E-state index < -0.39 is 0 Å². The first-order valence-corrected chi connectivity index (χ1v) is 9.94. The van der Waals surface area contributed by atoms with E-state index in [9.17, 15) is 9.18 Å². The zero-order valence-corrected chi connectivity index (χ0v) is 16.7. The summed E-state index contributed by atoms with van der Waals surface area (Å²) in [6, 6.07) is 8.74. The van der Waals surface area contributed by atoms with Gasteiger partial charge in [0.25, 0.3) is 0 Å². The van der Waals surface area contributed by atoms with Crippen molar-refractivity contribution in [3.8, 4) is 11.5 Å². The third kappa shape index (κ3) is 3.67. The fraction of sp³-hybridized carbons (Fsp3) is 0.348. The number of benzene rings is 2. The van der Waals surface area contributed by atoms with Crippen LogP contribution in [0.5, 0.6) is 11.5 Å². The minimum atomic E-state index is -0.246. The summed E-state index contributed by atoms with van der Waals surface area (Å²) in [6.07, 6.45) is 5.11. The van der Waals surface area contributed by atoms with Crippen LogP contribution in [-0.4, -0.2) is 36.6 Å². The Morgan fingerprint density at radius 2 is 2.14 bits per heavy atom. The Bertz CT molecular complexity index is 1030. The predicted octanol–water partition coefficient (Wildman–Crippen LogP) is 4.40. The number of carbonyl (C=O) groups excluding carboxylic acids is 1. The standard InChI is InChI=1S/C23H25FN2O3/c1-3-29-23-12-19-15(10-22(23)28-2)8-9-26(14-27)21(19)7-4-16-13-25-20-6-5-17(24)11-18(16)20/h5-6,10-14,21,25H,3-4,7-9H2,1-2H3. The molecule has 0 aliphatic carbocycles. The maximum absolute atomic E-state index is 13.7. The van der Waals surface area contributed by atoms with Crippen molar-refractivity contribution in [1.82, 2.24) is 9.88 Å². The van der Waals surface area contributed by atoms with Gasteiger partial charge in [-0.3, -0.25) is 4.79 Å². The number of hydrogen-bond donors (Lipinski definition) is 1. The van der Waals surface area contributed by atoms with Gasteiger partial charge in [0.05, 0.1) is 19.8 Å². The van der Waals surface area contributed by atoms with Crippen molar-refractivity contribution in [2.45, 2.75) is 32.2 Å². The average molecular weight is 396 g/mol. The van der Waals surface area contributed by atoms with Gasteiger partial charge < -0.3 is 19.4 Å². The lowest BCUT2D eigenvalue weighted by molar-refractivity contribution is -0.120. The highest BCUT2D eigenvalue weighted by atomic mass is 19.1. The summed E-state index contributed by atoms with van der Waals surface area (Å²) in [4.78, 5) is 16.8. The molecule has 2 aromatic carbocycles. The summed E-state index contributed by atoms with van der Waals surface area (Å²) < 4.78 is 24.9. The third-order valence-corrected chi connectivity index (χ3v) is 5.68. The van der Waals surface area contributed by atoms with E-state index >= 15 is 0 Å². The monoisotopic (exact) mass is 396 g/mol. The molecule has 0 saturated carbocycles. The number of nitrogens with zero attached hydrogens (tertiary/aromatic N) is 1. The smallest absolute Gasteiger partial charge is 0.210 e. The van der Waals surface area contributed by atoms with Crippen molar-refractivity contribution in [2.75, 3.05) is 20.3 Å². The second kappa shape index (κ2) is 8.15. The summed E-state index contributed by atoms with van der Waals surface area (Å²) in [6.45, 7) is 3.14. The number of amides is 1. The highest BCUT2D eigenvalue weighted by Crippen LogP contribution is 2.39. The minimum Gasteiger partial charge on any atom is -0.493 e. The zero-order chi connectivity index (χ0) is 20.4. The van der Waals surface area contributed by atoms with Crippen LogP contribution in [0, 0.1) is 5.82 Å².